The average molecular weight is 386 g/mol. The number of nitrogens with two attached hydrogens (primary N) is 1. The van der Waals surface area contributed by atoms with Gasteiger partial charge >= 0.3 is 18.0 Å². The molecule has 1 fully saturated rings. The first-order valence-electron chi connectivity index (χ1n) is 9.30. The van der Waals surface area contributed by atoms with Crippen molar-refractivity contribution < 1.29 is 28.6 Å². The molecule has 1 amide bonds. The van der Waals surface area contributed by atoms with Crippen molar-refractivity contribution >= 4 is 18.0 Å². The summed E-state index contributed by atoms with van der Waals surface area (Å²) in [6.07, 6.45) is -0.385. The van der Waals surface area contributed by atoms with Crippen LogP contribution in [0.1, 0.15) is 61.3 Å². The van der Waals surface area contributed by atoms with Crippen molar-refractivity contribution in [2.45, 2.75) is 78.6 Å². The van der Waals surface area contributed by atoms with Gasteiger partial charge in [-0.25, -0.2) is 9.59 Å². The molecule has 0 spiro atoms. The van der Waals surface area contributed by atoms with Crippen molar-refractivity contribution in [2.75, 3.05) is 19.7 Å². The van der Waals surface area contributed by atoms with Crippen LogP contribution < -0.4 is 5.73 Å². The van der Waals surface area contributed by atoms with Gasteiger partial charge in [-0.05, 0) is 54.9 Å². The van der Waals surface area contributed by atoms with Crippen LogP contribution in [0.4, 0.5) is 4.79 Å². The Kier molecular flexibility index (Phi) is 7.27. The molecule has 1 heterocycles. The van der Waals surface area contributed by atoms with Gasteiger partial charge in [-0.3, -0.25) is 9.69 Å². The molecule has 8 nitrogen and oxygen atoms in total. The third-order valence-corrected chi connectivity index (χ3v) is 4.07. The van der Waals surface area contributed by atoms with Gasteiger partial charge in [-0.1, -0.05) is 0 Å². The molecule has 0 aromatic heterocycles. The molecule has 27 heavy (non-hydrogen) atoms. The first-order chi connectivity index (χ1) is 12.2. The Labute approximate surface area is 161 Å². The van der Waals surface area contributed by atoms with E-state index in [9.17, 15) is 14.4 Å². The maximum atomic E-state index is 12.7. The van der Waals surface area contributed by atoms with E-state index in [2.05, 4.69) is 0 Å². The standard InChI is InChI=1S/C19H34N2O6/c1-8-25-14(22)10-19(11-20)9-13(15(23)26-17(2,3)4)21(12-19)16(24)27-18(5,6)7/h13H,8-12,20H2,1-7H3. The van der Waals surface area contributed by atoms with Crippen molar-refractivity contribution in [3.05, 3.63) is 0 Å². The predicted octanol–water partition coefficient (Wildman–Crippen LogP) is 2.24. The second-order valence-electron chi connectivity index (χ2n) is 9.05. The Morgan fingerprint density at radius 3 is 2.07 bits per heavy atom. The fourth-order valence-corrected chi connectivity index (χ4v) is 3.02. The number of hydrogen-bond acceptors (Lipinski definition) is 7. The van der Waals surface area contributed by atoms with Crippen LogP contribution in [0.25, 0.3) is 0 Å². The molecule has 0 aliphatic carbocycles. The maximum absolute atomic E-state index is 12.7. The molecule has 0 bridgehead atoms. The fraction of sp³-hybridized carbons (Fsp3) is 0.842. The molecular formula is C19H34N2O6. The first kappa shape index (κ1) is 23.2. The van der Waals surface area contributed by atoms with Crippen LogP contribution >= 0.6 is 0 Å². The third-order valence-electron chi connectivity index (χ3n) is 4.07. The van der Waals surface area contributed by atoms with E-state index in [0.717, 1.165) is 0 Å². The Balaban J connectivity index is 3.12. The van der Waals surface area contributed by atoms with Crippen LogP contribution in [0, 0.1) is 5.41 Å². The number of carbonyl (C=O) groups is 3. The van der Waals surface area contributed by atoms with Gasteiger partial charge in [0.1, 0.15) is 17.2 Å². The molecule has 0 aromatic carbocycles. The Morgan fingerprint density at radius 2 is 1.63 bits per heavy atom. The highest BCUT2D eigenvalue weighted by molar-refractivity contribution is 5.83. The van der Waals surface area contributed by atoms with Gasteiger partial charge in [0.2, 0.25) is 0 Å². The summed E-state index contributed by atoms with van der Waals surface area (Å²) in [4.78, 5) is 38.8. The van der Waals surface area contributed by atoms with Crippen LogP contribution in [0.5, 0.6) is 0 Å². The summed E-state index contributed by atoms with van der Waals surface area (Å²) in [5, 5.41) is 0. The molecule has 0 radical (unpaired) electrons. The predicted molar refractivity (Wildman–Crippen MR) is 99.9 cm³/mol. The largest absolute Gasteiger partial charge is 0.466 e. The molecule has 1 aliphatic rings. The summed E-state index contributed by atoms with van der Waals surface area (Å²) in [6.45, 7) is 12.7. The second kappa shape index (κ2) is 8.46. The molecule has 1 saturated heterocycles. The van der Waals surface area contributed by atoms with Gasteiger partial charge < -0.3 is 19.9 Å². The first-order valence-corrected chi connectivity index (χ1v) is 9.30. The van der Waals surface area contributed by atoms with Crippen molar-refractivity contribution in [2.24, 2.45) is 11.1 Å². The van der Waals surface area contributed by atoms with Gasteiger partial charge in [0, 0.05) is 18.5 Å². The van der Waals surface area contributed by atoms with Crippen LogP contribution in [0.15, 0.2) is 0 Å². The molecule has 1 rings (SSSR count). The van der Waals surface area contributed by atoms with Gasteiger partial charge in [0.05, 0.1) is 13.0 Å². The van der Waals surface area contributed by atoms with Gasteiger partial charge in [-0.2, -0.15) is 0 Å². The highest BCUT2D eigenvalue weighted by Crippen LogP contribution is 2.39. The SMILES string of the molecule is CCOC(=O)CC1(CN)CC(C(=O)OC(C)(C)C)N(C(=O)OC(C)(C)C)C1. The fourth-order valence-electron chi connectivity index (χ4n) is 3.02. The summed E-state index contributed by atoms with van der Waals surface area (Å²) in [5.41, 5.74) is 3.77. The lowest BCUT2D eigenvalue weighted by Gasteiger charge is -2.30. The average Bonchev–Trinajstić information content (AvgIpc) is 2.84. The number of carbonyl (C=O) groups excluding carboxylic acids is 3. The molecule has 0 aromatic rings. The number of ether oxygens (including phenoxy) is 3. The highest BCUT2D eigenvalue weighted by atomic mass is 16.6. The maximum Gasteiger partial charge on any atom is 0.411 e. The Morgan fingerprint density at radius 1 is 1.07 bits per heavy atom. The van der Waals surface area contributed by atoms with Crippen molar-refractivity contribution in [3.8, 4) is 0 Å². The smallest absolute Gasteiger partial charge is 0.411 e. The van der Waals surface area contributed by atoms with Crippen molar-refractivity contribution in [1.82, 2.24) is 4.90 Å². The topological polar surface area (TPSA) is 108 Å². The third kappa shape index (κ3) is 7.01. The number of rotatable bonds is 5. The molecule has 8 heteroatoms. The minimum Gasteiger partial charge on any atom is -0.466 e. The summed E-state index contributed by atoms with van der Waals surface area (Å²) in [6, 6.07) is -0.864. The van der Waals surface area contributed by atoms with Crippen molar-refractivity contribution in [3.63, 3.8) is 0 Å². The van der Waals surface area contributed by atoms with Gasteiger partial charge in [0.25, 0.3) is 0 Å². The lowest BCUT2D eigenvalue weighted by atomic mass is 9.82. The lowest BCUT2D eigenvalue weighted by Crippen LogP contribution is -2.46. The molecular weight excluding hydrogens is 352 g/mol. The normalized spacial score (nSPS) is 23.1. The number of likely N-dealkylation sites (tertiary alicyclic amines) is 1. The molecule has 1 aliphatic heterocycles. The van der Waals surface area contributed by atoms with E-state index in [1.807, 2.05) is 0 Å². The zero-order valence-electron chi connectivity index (χ0n) is 17.6. The Bertz CT molecular complexity index is 526. The molecule has 2 unspecified atom stereocenters. The van der Waals surface area contributed by atoms with E-state index in [4.69, 9.17) is 19.9 Å². The van der Waals surface area contributed by atoms with E-state index in [-0.39, 0.29) is 32.5 Å². The number of esters is 2. The number of hydrogen-bond donors (Lipinski definition) is 1. The molecule has 2 N–H and O–H groups in total. The highest BCUT2D eigenvalue weighted by Gasteiger charge is 2.51. The number of nitrogens with zero attached hydrogens (tertiary/aromatic N) is 1. The van der Waals surface area contributed by atoms with E-state index < -0.39 is 40.7 Å². The summed E-state index contributed by atoms with van der Waals surface area (Å²) >= 11 is 0. The van der Waals surface area contributed by atoms with E-state index >= 15 is 0 Å². The minimum absolute atomic E-state index is 0.0237. The quantitative estimate of drug-likeness (QED) is 0.570. The summed E-state index contributed by atoms with van der Waals surface area (Å²) < 4.78 is 16.0. The van der Waals surface area contributed by atoms with E-state index in [1.54, 1.807) is 48.5 Å². The van der Waals surface area contributed by atoms with Crippen LogP contribution in [0.3, 0.4) is 0 Å². The minimum atomic E-state index is -0.864. The number of amides is 1. The lowest BCUT2D eigenvalue weighted by molar-refractivity contribution is -0.160. The molecule has 156 valence electrons. The monoisotopic (exact) mass is 386 g/mol. The van der Waals surface area contributed by atoms with Gasteiger partial charge in [-0.15, -0.1) is 0 Å². The zero-order valence-corrected chi connectivity index (χ0v) is 17.6. The van der Waals surface area contributed by atoms with Gasteiger partial charge in [0.15, 0.2) is 0 Å². The van der Waals surface area contributed by atoms with Crippen LogP contribution in [0.2, 0.25) is 0 Å². The molecule has 0 saturated carbocycles. The van der Waals surface area contributed by atoms with Crippen LogP contribution in [-0.4, -0.2) is 59.9 Å². The van der Waals surface area contributed by atoms with E-state index in [1.165, 1.54) is 4.90 Å². The van der Waals surface area contributed by atoms with E-state index in [0.29, 0.717) is 0 Å². The van der Waals surface area contributed by atoms with Crippen LogP contribution in [-0.2, 0) is 23.8 Å². The molecule has 2 atom stereocenters. The second-order valence-corrected chi connectivity index (χ2v) is 9.05. The zero-order chi connectivity index (χ0) is 21.0. The summed E-state index contributed by atoms with van der Waals surface area (Å²) in [7, 11) is 0. The van der Waals surface area contributed by atoms with Crippen molar-refractivity contribution in [1.29, 1.82) is 0 Å². The Hall–Kier alpha value is -1.83. The summed E-state index contributed by atoms with van der Waals surface area (Å²) in [5.74, 6) is -0.940.